The number of amides is 1. The third-order valence-electron chi connectivity index (χ3n) is 3.38. The molecule has 0 unspecified atom stereocenters. The Balaban J connectivity index is 1.73. The summed E-state index contributed by atoms with van der Waals surface area (Å²) in [7, 11) is 0. The number of aromatic nitrogens is 1. The van der Waals surface area contributed by atoms with Crippen LogP contribution >= 0.6 is 0 Å². The predicted octanol–water partition coefficient (Wildman–Crippen LogP) is 2.15. The second-order valence-electron chi connectivity index (χ2n) is 4.85. The van der Waals surface area contributed by atoms with Gasteiger partial charge >= 0.3 is 6.09 Å². The second-order valence-corrected chi connectivity index (χ2v) is 4.85. The third kappa shape index (κ3) is 3.38. The van der Waals surface area contributed by atoms with Crippen LogP contribution in [-0.4, -0.2) is 42.2 Å². The van der Waals surface area contributed by atoms with E-state index < -0.39 is 0 Å². The van der Waals surface area contributed by atoms with Crippen molar-refractivity contribution in [1.82, 2.24) is 15.2 Å². The molecule has 2 aromatic rings. The van der Waals surface area contributed by atoms with Gasteiger partial charge in [0.15, 0.2) is 0 Å². The number of carbonyl (C=O) groups is 1. The van der Waals surface area contributed by atoms with Crippen molar-refractivity contribution in [3.63, 3.8) is 0 Å². The molecule has 3 rings (SSSR count). The van der Waals surface area contributed by atoms with Crippen LogP contribution in [0.15, 0.2) is 48.7 Å². The number of ether oxygens (including phenoxy) is 1. The Morgan fingerprint density at radius 2 is 1.90 bits per heavy atom. The summed E-state index contributed by atoms with van der Waals surface area (Å²) in [6.07, 6.45) is 1.35. The fraction of sp³-hybridized carbons (Fsp3) is 0.250. The minimum atomic E-state index is -0.304. The molecule has 0 saturated carbocycles. The number of pyridine rings is 1. The Kier molecular flexibility index (Phi) is 4.12. The zero-order valence-corrected chi connectivity index (χ0v) is 11.7. The first-order chi connectivity index (χ1) is 10.3. The zero-order chi connectivity index (χ0) is 14.5. The van der Waals surface area contributed by atoms with Crippen LogP contribution in [0.2, 0.25) is 0 Å². The average molecular weight is 283 g/mol. The summed E-state index contributed by atoms with van der Waals surface area (Å²) in [5, 5.41) is 3.20. The Labute approximate surface area is 123 Å². The number of piperazine rings is 1. The molecule has 1 saturated heterocycles. The molecule has 108 valence electrons. The summed E-state index contributed by atoms with van der Waals surface area (Å²) in [5.41, 5.74) is 1.79. The molecule has 1 aromatic carbocycles. The van der Waals surface area contributed by atoms with Crippen LogP contribution in [0.25, 0.3) is 11.3 Å². The number of nitrogens with zero attached hydrogens (tertiary/aromatic N) is 2. The minimum absolute atomic E-state index is 0.304. The van der Waals surface area contributed by atoms with E-state index in [4.69, 9.17) is 4.74 Å². The van der Waals surface area contributed by atoms with Crippen molar-refractivity contribution in [2.75, 3.05) is 26.2 Å². The molecule has 0 radical (unpaired) electrons. The van der Waals surface area contributed by atoms with Crippen molar-refractivity contribution < 1.29 is 9.53 Å². The highest BCUT2D eigenvalue weighted by molar-refractivity contribution is 5.71. The van der Waals surface area contributed by atoms with Crippen molar-refractivity contribution in [2.24, 2.45) is 0 Å². The van der Waals surface area contributed by atoms with Gasteiger partial charge in [-0.2, -0.15) is 0 Å². The number of hydrogen-bond donors (Lipinski definition) is 1. The molecule has 2 heterocycles. The third-order valence-corrected chi connectivity index (χ3v) is 3.38. The van der Waals surface area contributed by atoms with Crippen molar-refractivity contribution in [1.29, 1.82) is 0 Å². The topological polar surface area (TPSA) is 54.5 Å². The summed E-state index contributed by atoms with van der Waals surface area (Å²) in [6, 6.07) is 13.3. The lowest BCUT2D eigenvalue weighted by atomic mass is 10.1. The molecule has 1 aliphatic rings. The number of benzene rings is 1. The van der Waals surface area contributed by atoms with E-state index in [1.165, 1.54) is 0 Å². The van der Waals surface area contributed by atoms with E-state index >= 15 is 0 Å². The normalized spacial score (nSPS) is 14.8. The fourth-order valence-corrected chi connectivity index (χ4v) is 2.25. The molecule has 0 aliphatic carbocycles. The Morgan fingerprint density at radius 3 is 2.67 bits per heavy atom. The SMILES string of the molecule is O=C(Oc1ccnc(-c2ccccc2)c1)N1CCNCC1. The maximum Gasteiger partial charge on any atom is 0.415 e. The summed E-state index contributed by atoms with van der Waals surface area (Å²) < 4.78 is 5.44. The standard InChI is InChI=1S/C16H17N3O2/c20-16(19-10-8-17-9-11-19)21-14-6-7-18-15(12-14)13-4-2-1-3-5-13/h1-7,12,17H,8-11H2. The molecule has 0 atom stereocenters. The van der Waals surface area contributed by atoms with Crippen molar-refractivity contribution in [3.05, 3.63) is 48.7 Å². The highest BCUT2D eigenvalue weighted by Crippen LogP contribution is 2.21. The monoisotopic (exact) mass is 283 g/mol. The second kappa shape index (κ2) is 6.37. The van der Waals surface area contributed by atoms with E-state index in [9.17, 15) is 4.79 Å². The predicted molar refractivity (Wildman–Crippen MR) is 80.1 cm³/mol. The van der Waals surface area contributed by atoms with E-state index in [1.807, 2.05) is 30.3 Å². The Bertz CT molecular complexity index is 610. The number of carbonyl (C=O) groups excluding carboxylic acids is 1. The lowest BCUT2D eigenvalue weighted by Crippen LogP contribution is -2.47. The summed E-state index contributed by atoms with van der Waals surface area (Å²) >= 11 is 0. The molecule has 1 fully saturated rings. The molecule has 1 amide bonds. The van der Waals surface area contributed by atoms with E-state index in [0.29, 0.717) is 18.8 Å². The molecule has 0 spiro atoms. The molecule has 0 bridgehead atoms. The molecule has 1 N–H and O–H groups in total. The number of nitrogens with one attached hydrogen (secondary N) is 1. The zero-order valence-electron chi connectivity index (χ0n) is 11.7. The smallest absolute Gasteiger partial charge is 0.410 e. The van der Waals surface area contributed by atoms with E-state index in [-0.39, 0.29) is 6.09 Å². The summed E-state index contributed by atoms with van der Waals surface area (Å²) in [4.78, 5) is 18.1. The molecule has 5 heteroatoms. The number of rotatable bonds is 2. The average Bonchev–Trinajstić information content (AvgIpc) is 2.57. The molecular formula is C16H17N3O2. The van der Waals surface area contributed by atoms with Crippen molar-refractivity contribution in [3.8, 4) is 17.0 Å². The van der Waals surface area contributed by atoms with Gasteiger partial charge in [0.05, 0.1) is 5.69 Å². The highest BCUT2D eigenvalue weighted by Gasteiger charge is 2.18. The van der Waals surface area contributed by atoms with Crippen molar-refractivity contribution in [2.45, 2.75) is 0 Å². The summed E-state index contributed by atoms with van der Waals surface area (Å²) in [6.45, 7) is 2.96. The van der Waals surface area contributed by atoms with Gasteiger partial charge < -0.3 is 15.0 Å². The van der Waals surface area contributed by atoms with E-state index in [1.54, 1.807) is 23.2 Å². The van der Waals surface area contributed by atoms with Gasteiger partial charge in [-0.15, -0.1) is 0 Å². The summed E-state index contributed by atoms with van der Waals surface area (Å²) in [5.74, 6) is 0.521. The van der Waals surface area contributed by atoms with Gasteiger partial charge in [0, 0.05) is 44.0 Å². The van der Waals surface area contributed by atoms with Gasteiger partial charge in [-0.25, -0.2) is 4.79 Å². The van der Waals surface area contributed by atoms with Gasteiger partial charge in [-0.1, -0.05) is 30.3 Å². The van der Waals surface area contributed by atoms with E-state index in [0.717, 1.165) is 24.3 Å². The Morgan fingerprint density at radius 1 is 1.14 bits per heavy atom. The lowest BCUT2D eigenvalue weighted by molar-refractivity contribution is 0.146. The number of hydrogen-bond acceptors (Lipinski definition) is 4. The molecule has 5 nitrogen and oxygen atoms in total. The molecule has 21 heavy (non-hydrogen) atoms. The first-order valence-electron chi connectivity index (χ1n) is 7.02. The molecule has 1 aromatic heterocycles. The molecule has 1 aliphatic heterocycles. The minimum Gasteiger partial charge on any atom is -0.410 e. The maximum atomic E-state index is 12.1. The van der Waals surface area contributed by atoms with E-state index in [2.05, 4.69) is 10.3 Å². The van der Waals surface area contributed by atoms with Crippen molar-refractivity contribution >= 4 is 6.09 Å². The quantitative estimate of drug-likeness (QED) is 0.917. The van der Waals surface area contributed by atoms with Crippen LogP contribution in [0.5, 0.6) is 5.75 Å². The van der Waals surface area contributed by atoms with Crippen LogP contribution in [-0.2, 0) is 0 Å². The van der Waals surface area contributed by atoms with Crippen LogP contribution in [0.1, 0.15) is 0 Å². The molecular weight excluding hydrogens is 266 g/mol. The van der Waals surface area contributed by atoms with Gasteiger partial charge in [-0.05, 0) is 6.07 Å². The maximum absolute atomic E-state index is 12.1. The fourth-order valence-electron chi connectivity index (χ4n) is 2.25. The Hall–Kier alpha value is -2.40. The van der Waals surface area contributed by atoms with Crippen LogP contribution in [0, 0.1) is 0 Å². The van der Waals surface area contributed by atoms with Crippen LogP contribution in [0.3, 0.4) is 0 Å². The van der Waals surface area contributed by atoms with Crippen LogP contribution in [0.4, 0.5) is 4.79 Å². The highest BCUT2D eigenvalue weighted by atomic mass is 16.6. The van der Waals surface area contributed by atoms with Gasteiger partial charge in [-0.3, -0.25) is 4.98 Å². The lowest BCUT2D eigenvalue weighted by Gasteiger charge is -2.26. The van der Waals surface area contributed by atoms with Gasteiger partial charge in [0.1, 0.15) is 5.75 Å². The first-order valence-corrected chi connectivity index (χ1v) is 7.02. The largest absolute Gasteiger partial charge is 0.415 e. The van der Waals surface area contributed by atoms with Gasteiger partial charge in [0.25, 0.3) is 0 Å². The first kappa shape index (κ1) is 13.6. The van der Waals surface area contributed by atoms with Gasteiger partial charge in [0.2, 0.25) is 0 Å². The van der Waals surface area contributed by atoms with Crippen LogP contribution < -0.4 is 10.1 Å².